The Kier molecular flexibility index (Phi) is 0.463. The molecule has 0 aliphatic rings. The van der Waals surface area contributed by atoms with Gasteiger partial charge in [0.05, 0.1) is 22.1 Å². The highest BCUT2D eigenvalue weighted by Crippen LogP contribution is 2.57. The summed E-state index contributed by atoms with van der Waals surface area (Å²) in [5, 5.41) is 19.8. The maximum atomic E-state index is 4.43. The molecular weight excluding hydrogens is 228 g/mol. The van der Waals surface area contributed by atoms with Crippen molar-refractivity contribution in [2.75, 3.05) is 0 Å². The van der Waals surface area contributed by atoms with Crippen LogP contribution in [0.25, 0.3) is 65.9 Å². The molecule has 0 N–H and O–H groups in total. The largest absolute Gasteiger partial charge is 0.302 e. The Balaban J connectivity index is 2.11. The highest BCUT2D eigenvalue weighted by atomic mass is 15.2. The van der Waals surface area contributed by atoms with E-state index in [1.54, 1.807) is 0 Å². The Morgan fingerprint density at radius 3 is 1.61 bits per heavy atom. The number of pyridine rings is 2. The van der Waals surface area contributed by atoms with Gasteiger partial charge in [0.25, 0.3) is 0 Å². The zero-order chi connectivity index (χ0) is 10.9. The number of hydrogen-bond acceptors (Lipinski definition) is 4. The molecule has 0 spiro atoms. The van der Waals surface area contributed by atoms with Crippen LogP contribution in [0.2, 0.25) is 0 Å². The lowest BCUT2D eigenvalue weighted by molar-refractivity contribution is 1.05. The van der Waals surface area contributed by atoms with Crippen molar-refractivity contribution < 1.29 is 0 Å². The summed E-state index contributed by atoms with van der Waals surface area (Å²) in [6.07, 6.45) is 0. The van der Waals surface area contributed by atoms with Gasteiger partial charge in [-0.2, -0.15) is 0 Å². The molecule has 0 unspecified atom stereocenters. The molecule has 10 rings (SSSR count). The predicted octanol–water partition coefficient (Wildman–Crippen LogP) is 1.60. The first-order valence-corrected chi connectivity index (χ1v) is 5.89. The standard InChI is InChI=1S/C12N6/c13-3-4(14-13)7-1-2-9-11-6(12-10(2)18(11)12)16-15-5(3)8(1)17(7)9. The molecule has 9 heterocycles. The Bertz CT molecular complexity index is 1430. The molecule has 0 saturated carbocycles. The molecule has 0 saturated heterocycles. The normalized spacial score (nSPS) is 15.8. The van der Waals surface area contributed by atoms with Crippen molar-refractivity contribution in [3.63, 3.8) is 0 Å². The van der Waals surface area contributed by atoms with E-state index in [1.807, 2.05) is 0 Å². The fraction of sp³-hybridized carbons (Fsp3) is 0. The van der Waals surface area contributed by atoms with Crippen molar-refractivity contribution in [2.45, 2.75) is 0 Å². The van der Waals surface area contributed by atoms with Crippen molar-refractivity contribution in [2.24, 2.45) is 0 Å². The number of fused-ring (bicyclic) bond motifs is 2. The third-order valence-electron chi connectivity index (χ3n) is 4.78. The van der Waals surface area contributed by atoms with Gasteiger partial charge < -0.3 is 4.40 Å². The zero-order valence-electron chi connectivity index (χ0n) is 8.68. The van der Waals surface area contributed by atoms with Crippen LogP contribution < -0.4 is 0 Å². The molecule has 0 aliphatic carbocycles. The van der Waals surface area contributed by atoms with Crippen molar-refractivity contribution in [1.29, 1.82) is 0 Å². The minimum atomic E-state index is 0.907. The van der Waals surface area contributed by atoms with E-state index >= 15 is 0 Å². The first-order valence-electron chi connectivity index (χ1n) is 5.89. The summed E-state index contributed by atoms with van der Waals surface area (Å²) in [4.78, 5) is 0. The molecule has 0 amide bonds. The van der Waals surface area contributed by atoms with E-state index in [9.17, 15) is 0 Å². The molecule has 0 radical (unpaired) electrons. The molecule has 6 bridgehead atoms. The summed E-state index contributed by atoms with van der Waals surface area (Å²) in [7, 11) is 0. The van der Waals surface area contributed by atoms with E-state index in [4.69, 9.17) is 0 Å². The van der Waals surface area contributed by atoms with E-state index in [-0.39, 0.29) is 0 Å². The van der Waals surface area contributed by atoms with Gasteiger partial charge in [-0.25, -0.2) is 0 Å². The molecule has 10 aromatic rings. The minimum Gasteiger partial charge on any atom is -0.302 e. The van der Waals surface area contributed by atoms with Crippen LogP contribution in [-0.2, 0) is 0 Å². The van der Waals surface area contributed by atoms with Gasteiger partial charge in [-0.05, 0) is 0 Å². The smallest absolute Gasteiger partial charge is 0.145 e. The van der Waals surface area contributed by atoms with E-state index in [2.05, 4.69) is 29.2 Å². The molecule has 78 valence electrons. The summed E-state index contributed by atoms with van der Waals surface area (Å²) in [6.45, 7) is 0. The number of rotatable bonds is 0. The second-order valence-corrected chi connectivity index (χ2v) is 5.31. The number of aromatic nitrogens is 6. The summed E-state index contributed by atoms with van der Waals surface area (Å²) < 4.78 is 4.60. The van der Waals surface area contributed by atoms with Crippen LogP contribution in [-0.4, -0.2) is 29.2 Å². The molecule has 9 aromatic heterocycles. The summed E-state index contributed by atoms with van der Waals surface area (Å²) in [5.41, 5.74) is 11.6. The quantitative estimate of drug-likeness (QED) is 0.395. The third-order valence-corrected chi connectivity index (χ3v) is 4.78. The summed E-state index contributed by atoms with van der Waals surface area (Å²) in [5.74, 6) is 0. The van der Waals surface area contributed by atoms with Crippen LogP contribution in [0.3, 0.4) is 0 Å². The molecule has 0 fully saturated rings. The Morgan fingerprint density at radius 2 is 0.944 bits per heavy atom. The van der Waals surface area contributed by atoms with E-state index in [0.717, 1.165) is 22.1 Å². The van der Waals surface area contributed by atoms with E-state index < -0.39 is 0 Å². The highest BCUT2D eigenvalue weighted by molar-refractivity contribution is 6.47. The van der Waals surface area contributed by atoms with Gasteiger partial charge in [0, 0.05) is 10.8 Å². The fourth-order valence-corrected chi connectivity index (χ4v) is 4.08. The maximum Gasteiger partial charge on any atom is 0.145 e. The van der Waals surface area contributed by atoms with Crippen molar-refractivity contribution in [3.05, 3.63) is 0 Å². The van der Waals surface area contributed by atoms with Crippen LogP contribution in [0, 0.1) is 0 Å². The molecule has 18 heavy (non-hydrogen) atoms. The minimum absolute atomic E-state index is 0.907. The van der Waals surface area contributed by atoms with Gasteiger partial charge in [-0.15, -0.1) is 20.4 Å². The first-order chi connectivity index (χ1) is 8.97. The third kappa shape index (κ3) is 0.301. The maximum absolute atomic E-state index is 4.43. The molecular formula is C12N6. The average molecular weight is 228 g/mol. The predicted molar refractivity (Wildman–Crippen MR) is 65.4 cm³/mol. The number of benzene rings is 2. The molecule has 0 aliphatic heterocycles. The molecule has 0 atom stereocenters. The van der Waals surface area contributed by atoms with Crippen LogP contribution in [0.4, 0.5) is 0 Å². The van der Waals surface area contributed by atoms with E-state index in [0.29, 0.717) is 0 Å². The lowest BCUT2D eigenvalue weighted by Gasteiger charge is -2.14. The van der Waals surface area contributed by atoms with Gasteiger partial charge in [-0.3, -0.25) is 4.40 Å². The fourth-order valence-electron chi connectivity index (χ4n) is 4.08. The van der Waals surface area contributed by atoms with Crippen LogP contribution in [0.5, 0.6) is 0 Å². The van der Waals surface area contributed by atoms with Gasteiger partial charge >= 0.3 is 0 Å². The van der Waals surface area contributed by atoms with Crippen molar-refractivity contribution in [1.82, 2.24) is 29.2 Å². The Hall–Kier alpha value is -2.76. The summed E-state index contributed by atoms with van der Waals surface area (Å²) >= 11 is 0. The lowest BCUT2D eigenvalue weighted by atomic mass is 10.1. The monoisotopic (exact) mass is 228 g/mol. The lowest BCUT2D eigenvalue weighted by Crippen LogP contribution is -2.05. The second-order valence-electron chi connectivity index (χ2n) is 5.31. The number of hydrogen-bond donors (Lipinski definition) is 0. The molecule has 6 nitrogen and oxygen atoms in total. The topological polar surface area (TPSA) is 60.4 Å². The molecule has 6 heteroatoms. The van der Waals surface area contributed by atoms with Gasteiger partial charge in [0.2, 0.25) is 0 Å². The zero-order valence-corrected chi connectivity index (χ0v) is 8.68. The average Bonchev–Trinajstić information content (AvgIpc) is 2.61. The van der Waals surface area contributed by atoms with Gasteiger partial charge in [-0.1, -0.05) is 0 Å². The number of nitrogens with zero attached hydrogens (tertiary/aromatic N) is 6. The van der Waals surface area contributed by atoms with Crippen LogP contribution in [0.15, 0.2) is 0 Å². The second kappa shape index (κ2) is 1.34. The van der Waals surface area contributed by atoms with E-state index in [1.165, 1.54) is 43.9 Å². The van der Waals surface area contributed by atoms with Gasteiger partial charge in [0.15, 0.2) is 0 Å². The SMILES string of the molecule is n1nc2c1c1nnc3c4c5c(c6c2n5c16)c1c3n41. The van der Waals surface area contributed by atoms with Crippen LogP contribution in [0.1, 0.15) is 0 Å². The summed E-state index contributed by atoms with van der Waals surface area (Å²) in [6, 6.07) is 0. The first kappa shape index (κ1) is 6.25. The van der Waals surface area contributed by atoms with Crippen molar-refractivity contribution in [3.8, 4) is 0 Å². The van der Waals surface area contributed by atoms with Gasteiger partial charge in [0.1, 0.15) is 33.1 Å². The van der Waals surface area contributed by atoms with Crippen LogP contribution >= 0.6 is 0 Å². The molecule has 1 aromatic carbocycles. The highest BCUT2D eigenvalue weighted by Gasteiger charge is 2.41. The Labute approximate surface area is 95.7 Å². The van der Waals surface area contributed by atoms with Crippen molar-refractivity contribution >= 4 is 65.9 Å². The Morgan fingerprint density at radius 1 is 0.444 bits per heavy atom.